The van der Waals surface area contributed by atoms with Crippen molar-refractivity contribution in [2.75, 3.05) is 0 Å². The molecule has 0 saturated carbocycles. The Morgan fingerprint density at radius 2 is 2.04 bits per heavy atom. The molecule has 5 rings (SSSR count). The van der Waals surface area contributed by atoms with Gasteiger partial charge in [-0.3, -0.25) is 0 Å². The summed E-state index contributed by atoms with van der Waals surface area (Å²) >= 11 is 1.14. The summed E-state index contributed by atoms with van der Waals surface area (Å²) in [6.45, 7) is 2.28. The summed E-state index contributed by atoms with van der Waals surface area (Å²) in [6, 6.07) is 8.63. The topological polar surface area (TPSA) is 21.7 Å². The first-order chi connectivity index (χ1) is 10.6. The summed E-state index contributed by atoms with van der Waals surface area (Å²) in [4.78, 5) is 4.91. The first kappa shape index (κ1) is 13.8. The minimum absolute atomic E-state index is 0. The van der Waals surface area contributed by atoms with E-state index in [0.29, 0.717) is 0 Å². The van der Waals surface area contributed by atoms with Gasteiger partial charge >= 0.3 is 0 Å². The average molecular weight is 548 g/mol. The van der Waals surface area contributed by atoms with E-state index < -0.39 is 0 Å². The summed E-state index contributed by atoms with van der Waals surface area (Å²) in [5.74, 6) is 2.38. The molecule has 0 unspecified atom stereocenters. The van der Waals surface area contributed by atoms with E-state index in [1.165, 1.54) is 33.6 Å². The molecule has 1 aliphatic heterocycles. The fraction of sp³-hybridized carbons (Fsp3) is 0.222. The Kier molecular flexibility index (Phi) is 2.58. The van der Waals surface area contributed by atoms with Crippen LogP contribution < -0.4 is 4.57 Å². The Morgan fingerprint density at radius 3 is 2.87 bits per heavy atom. The number of rotatable bonds is 0. The van der Waals surface area contributed by atoms with Gasteiger partial charge in [-0.05, 0) is 25.0 Å². The number of pyridine rings is 1. The zero-order valence-electron chi connectivity index (χ0n) is 13.4. The second-order valence-electron chi connectivity index (χ2n) is 6.46. The normalized spacial score (nSPS) is 14.7. The number of hydrogen-bond acceptors (Lipinski definition) is 1. The monoisotopic (exact) mass is 548 g/mol. The van der Waals surface area contributed by atoms with Crippen LogP contribution in [0.5, 0.6) is 0 Å². The molecule has 0 fully saturated rings. The number of hydrogen-bond donors (Lipinski definition) is 0. The van der Waals surface area contributed by atoms with Crippen LogP contribution in [-0.2, 0) is 19.9 Å². The molecule has 1 aliphatic carbocycles. The van der Waals surface area contributed by atoms with Gasteiger partial charge in [-0.25, -0.2) is 9.55 Å². The van der Waals surface area contributed by atoms with E-state index >= 15 is 0 Å². The molecule has 0 amide bonds. The standard InChI is InChI=1S/C18H14N3.Al.Bk.2H/c1-11-5-6-12-7-8-14-17(16(11)12)21-15(19-14)10-13-4-3-9-20(2)18(13)21;;;;/h3-4,7-8H,6,10H2,1-2H3;;;;. The van der Waals surface area contributed by atoms with Crippen LogP contribution in [0.3, 0.4) is 0 Å². The maximum absolute atomic E-state index is 4.91. The van der Waals surface area contributed by atoms with Crippen LogP contribution in [0.25, 0.3) is 22.4 Å². The molecule has 2 aliphatic rings. The van der Waals surface area contributed by atoms with E-state index in [4.69, 9.17) is 4.98 Å². The fourth-order valence-electron chi connectivity index (χ4n) is 4.00. The van der Waals surface area contributed by atoms with E-state index in [0.717, 1.165) is 40.5 Å². The third kappa shape index (κ3) is 1.55. The molecule has 1 radical (unpaired) electrons. The van der Waals surface area contributed by atoms with Gasteiger partial charge in [0.1, 0.15) is 5.52 Å². The summed E-state index contributed by atoms with van der Waals surface area (Å²) in [6.07, 6.45) is 5.32. The zero-order valence-corrected chi connectivity index (χ0v) is 18.2. The quantitative estimate of drug-likeness (QED) is 0.186. The largest absolute Gasteiger partial charge is 0.343 e. The van der Waals surface area contributed by atoms with E-state index in [1.807, 2.05) is 6.07 Å². The molecule has 3 aromatic rings. The third-order valence-corrected chi connectivity index (χ3v) is 6.27. The van der Waals surface area contributed by atoms with Crippen molar-refractivity contribution in [2.24, 2.45) is 7.05 Å². The Hall–Kier alpha value is -2.89. The van der Waals surface area contributed by atoms with Crippen LogP contribution in [0.2, 0.25) is 0 Å². The molecular weight excluding hydrogens is 532 g/mol. The summed E-state index contributed by atoms with van der Waals surface area (Å²) in [7, 11) is 2.07. The smallest absolute Gasteiger partial charge is 0.253 e. The maximum Gasteiger partial charge on any atom is 0.253 e. The van der Waals surface area contributed by atoms with Crippen LogP contribution in [0.4, 0.5) is 0 Å². The summed E-state index contributed by atoms with van der Waals surface area (Å²) < 4.78 is 6.08. The molecule has 115 valence electrons. The van der Waals surface area contributed by atoms with Gasteiger partial charge in [-0.2, -0.15) is 6.07 Å². The fourth-order valence-corrected chi connectivity index (χ4v) is 4.63. The van der Waals surface area contributed by atoms with Crippen LogP contribution in [0, 0.1) is 6.20 Å². The van der Waals surface area contributed by atoms with Gasteiger partial charge in [0.05, 0.1) is 7.05 Å². The van der Waals surface area contributed by atoms with E-state index in [1.54, 1.807) is 4.44 Å². The van der Waals surface area contributed by atoms with Crippen LogP contribution in [0.15, 0.2) is 28.7 Å². The van der Waals surface area contributed by atoms with E-state index in [-0.39, 0.29) is 0 Å². The minimum Gasteiger partial charge on any atom is -0.343 e. The van der Waals surface area contributed by atoms with Crippen LogP contribution in [0.1, 0.15) is 29.4 Å². The second kappa shape index (κ2) is 4.32. The molecule has 5 heteroatoms. The average Bonchev–Trinajstić information content (AvgIpc) is 3.10. The molecule has 23 heavy (non-hydrogen) atoms. The number of fused-ring (bicyclic) bond motifs is 7. The van der Waals surface area contributed by atoms with E-state index in [9.17, 15) is 0 Å². The number of aryl methyl sites for hydroxylation is 1. The molecule has 3 nitrogen and oxygen atoms in total. The number of allylic oxidation sites excluding steroid dienone is 2. The van der Waals surface area contributed by atoms with Gasteiger partial charge in [0.2, 0.25) is 0 Å². The van der Waals surface area contributed by atoms with Crippen molar-refractivity contribution < 1.29 is 4.57 Å². The molecule has 1 aromatic carbocycles. The van der Waals surface area contributed by atoms with Gasteiger partial charge in [-0.1, -0.05) is 17.2 Å². The van der Waals surface area contributed by atoms with Gasteiger partial charge in [-0.15, -0.1) is 10.5 Å². The van der Waals surface area contributed by atoms with Gasteiger partial charge < -0.3 is 4.57 Å². The van der Waals surface area contributed by atoms with Gasteiger partial charge in [0, 0.05) is 18.2 Å². The summed E-state index contributed by atoms with van der Waals surface area (Å²) in [5.41, 5.74) is 8.13. The van der Waals surface area contributed by atoms with Crippen molar-refractivity contribution in [1.29, 1.82) is 0 Å². The molecular formula is C18H16AlBkN3. The Balaban J connectivity index is 0.00000135. The molecule has 0 saturated heterocycles. The van der Waals surface area contributed by atoms with E-state index in [2.05, 4.69) is 47.5 Å². The predicted molar refractivity (Wildman–Crippen MR) is 88.7 cm³/mol. The molecule has 0 spiro atoms. The molecule has 0 N–H and O–H groups in total. The predicted octanol–water partition coefficient (Wildman–Crippen LogP) is 1.47. The number of aromatic nitrogens is 3. The van der Waals surface area contributed by atoms with Crippen LogP contribution >= 0.6 is 0 Å². The molecule has 0 atom stereocenters. The Labute approximate surface area is 137 Å². The van der Waals surface area contributed by atoms with Crippen molar-refractivity contribution in [3.63, 3.8) is 0 Å². The number of imidazole rings is 1. The second-order valence-corrected chi connectivity index (χ2v) is 7.67. The maximum atomic E-state index is 4.91. The third-order valence-electron chi connectivity index (χ3n) is 5.16. The SMILES string of the molecule is CC1=[C]([AlH2])Cc2ccc3nc4n(c3c21)-c1c(cc[c-][n+]1C)C4.[Bk]. The first-order valence-corrected chi connectivity index (χ1v) is 8.75. The zero-order chi connectivity index (χ0) is 15.0. The molecule has 2 aromatic heterocycles. The molecule has 0 bridgehead atoms. The Morgan fingerprint density at radius 1 is 1.22 bits per heavy atom. The first-order valence-electron chi connectivity index (χ1n) is 7.75. The molecule has 3 heterocycles. The summed E-state index contributed by atoms with van der Waals surface area (Å²) in [5, 5.41) is 0. The van der Waals surface area contributed by atoms with Crippen molar-refractivity contribution >= 4 is 32.9 Å². The Bertz CT molecular complexity index is 1020. The van der Waals surface area contributed by atoms with Gasteiger partial charge in [0.15, 0.2) is 17.2 Å². The van der Waals surface area contributed by atoms with Crippen molar-refractivity contribution in [3.8, 4) is 5.82 Å². The van der Waals surface area contributed by atoms with Crippen molar-refractivity contribution in [3.05, 3.63) is 57.4 Å². The van der Waals surface area contributed by atoms with Gasteiger partial charge in [0.25, 0.3) is 16.3 Å². The van der Waals surface area contributed by atoms with Crippen LogP contribution in [-0.4, -0.2) is 25.8 Å². The number of benzene rings is 1. The van der Waals surface area contributed by atoms with Crippen molar-refractivity contribution in [2.45, 2.75) is 19.8 Å². The minimum atomic E-state index is 0. The number of nitrogens with zero attached hydrogens (tertiary/aromatic N) is 3. The van der Waals surface area contributed by atoms with Crippen molar-refractivity contribution in [1.82, 2.24) is 9.55 Å².